The minimum absolute atomic E-state index is 0.0266. The number of para-hydroxylation sites is 1. The number of fused-ring (bicyclic) bond motifs is 1. The van der Waals surface area contributed by atoms with E-state index in [2.05, 4.69) is 15.2 Å². The minimum atomic E-state index is -4.73. The van der Waals surface area contributed by atoms with Crippen molar-refractivity contribution in [3.8, 4) is 11.8 Å². The number of benzene rings is 1. The zero-order valence-corrected chi connectivity index (χ0v) is 33.3. The number of rotatable bonds is 18. The molecule has 0 bridgehead atoms. The van der Waals surface area contributed by atoms with Crippen molar-refractivity contribution >= 4 is 37.0 Å². The van der Waals surface area contributed by atoms with Crippen molar-refractivity contribution in [2.75, 3.05) is 26.1 Å². The summed E-state index contributed by atoms with van der Waals surface area (Å²) >= 11 is 0. The molecule has 0 saturated heterocycles. The van der Waals surface area contributed by atoms with Gasteiger partial charge in [-0.05, 0) is 62.8 Å². The maximum Gasteiger partial charge on any atom is 0.459 e. The quantitative estimate of drug-likeness (QED) is 0.0839. The van der Waals surface area contributed by atoms with Gasteiger partial charge in [0.1, 0.15) is 36.3 Å². The van der Waals surface area contributed by atoms with Crippen molar-refractivity contribution in [2.45, 2.75) is 90.3 Å². The molecule has 0 aliphatic heterocycles. The van der Waals surface area contributed by atoms with Gasteiger partial charge < -0.3 is 29.2 Å². The van der Waals surface area contributed by atoms with Crippen LogP contribution in [-0.4, -0.2) is 76.8 Å². The highest BCUT2D eigenvalue weighted by molar-refractivity contribution is 7.52. The fourth-order valence-corrected chi connectivity index (χ4v) is 7.47. The molecule has 4 rings (SSSR count). The highest BCUT2D eigenvalue weighted by Crippen LogP contribution is 2.47. The number of nitrogens with zero attached hydrogens (tertiary/aromatic N) is 4. The van der Waals surface area contributed by atoms with Crippen molar-refractivity contribution in [1.29, 1.82) is 5.26 Å². The zero-order chi connectivity index (χ0) is 42.1. The van der Waals surface area contributed by atoms with Crippen LogP contribution in [0.3, 0.4) is 0 Å². The summed E-state index contributed by atoms with van der Waals surface area (Å²) in [6.07, 6.45) is -6.35. The zero-order valence-electron chi connectivity index (χ0n) is 32.4. The summed E-state index contributed by atoms with van der Waals surface area (Å²) in [6, 6.07) is 11.3. The number of halogens is 3. The van der Waals surface area contributed by atoms with Gasteiger partial charge in [-0.2, -0.15) is 28.6 Å². The molecule has 2 aromatic heterocycles. The molecule has 0 radical (unpaired) electrons. The van der Waals surface area contributed by atoms with E-state index < -0.39 is 80.0 Å². The normalized spacial score (nSPS) is 19.8. The summed E-state index contributed by atoms with van der Waals surface area (Å²) in [5.41, 5.74) is 4.04. The van der Waals surface area contributed by atoms with Gasteiger partial charge in [0.05, 0.1) is 30.1 Å². The van der Waals surface area contributed by atoms with Crippen LogP contribution in [0.4, 0.5) is 19.0 Å². The summed E-state index contributed by atoms with van der Waals surface area (Å²) in [7, 11) is -3.63. The van der Waals surface area contributed by atoms with Crippen molar-refractivity contribution in [3.63, 3.8) is 0 Å². The molecule has 3 aromatic rings. The van der Waals surface area contributed by atoms with Crippen LogP contribution in [0.5, 0.6) is 5.75 Å². The Balaban J connectivity index is 1.67. The lowest BCUT2D eigenvalue weighted by Crippen LogP contribution is -2.54. The number of anilines is 1. The topological polar surface area (TPSA) is 216 Å². The fourth-order valence-electron chi connectivity index (χ4n) is 5.95. The Morgan fingerprint density at radius 2 is 1.61 bits per heavy atom. The van der Waals surface area contributed by atoms with Crippen LogP contribution in [0.25, 0.3) is 5.52 Å². The first-order valence-electron chi connectivity index (χ1n) is 18.3. The monoisotopic (exact) mass is 824 g/mol. The number of nitriles is 1. The van der Waals surface area contributed by atoms with Crippen molar-refractivity contribution in [2.24, 2.45) is 23.7 Å². The molecule has 312 valence electrons. The number of methoxy groups -OCH3 is 1. The van der Waals surface area contributed by atoms with Crippen LogP contribution in [-0.2, 0) is 42.4 Å². The number of nitrogens with two attached hydrogens (primary N) is 1. The van der Waals surface area contributed by atoms with E-state index >= 15 is 0 Å². The van der Waals surface area contributed by atoms with Crippen LogP contribution < -0.4 is 15.3 Å². The fraction of sp³-hybridized carbons (Fsp3) is 0.568. The molecule has 3 N–H and O–H groups in total. The number of nitrogen functional groups attached to an aromatic ring is 1. The van der Waals surface area contributed by atoms with E-state index in [0.29, 0.717) is 5.52 Å². The molecule has 2 heterocycles. The summed E-state index contributed by atoms with van der Waals surface area (Å²) in [4.78, 5) is 43.7. The molecule has 57 heavy (non-hydrogen) atoms. The van der Waals surface area contributed by atoms with Gasteiger partial charge in [0.2, 0.25) is 5.60 Å². The molecule has 1 aliphatic rings. The average molecular weight is 825 g/mol. The third-order valence-electron chi connectivity index (χ3n) is 9.41. The summed E-state index contributed by atoms with van der Waals surface area (Å²) < 4.78 is 89.9. The van der Waals surface area contributed by atoms with E-state index in [-0.39, 0.29) is 55.5 Å². The average Bonchev–Trinajstić information content (AvgIpc) is 3.61. The largest absolute Gasteiger partial charge is 0.464 e. The van der Waals surface area contributed by atoms with Crippen molar-refractivity contribution < 1.29 is 60.1 Å². The first-order valence-corrected chi connectivity index (χ1v) is 19.8. The van der Waals surface area contributed by atoms with Gasteiger partial charge in [-0.1, -0.05) is 45.9 Å². The summed E-state index contributed by atoms with van der Waals surface area (Å²) in [6.45, 7) is 6.36. The summed E-state index contributed by atoms with van der Waals surface area (Å²) in [5.74, 6) is -5.57. The molecule has 1 saturated carbocycles. The van der Waals surface area contributed by atoms with Crippen LogP contribution >= 0.6 is 7.75 Å². The maximum atomic E-state index is 14.6. The predicted octanol–water partition coefficient (Wildman–Crippen LogP) is 6.12. The molecule has 16 nitrogen and oxygen atoms in total. The van der Waals surface area contributed by atoms with Gasteiger partial charge >= 0.3 is 31.8 Å². The number of hydrogen-bond donors (Lipinski definition) is 2. The standard InChI is InChI=1S/C37H48F3N6O10P/c1-22(2)33(47)54-30(28-16-17-29-32(42)43-21-44-46(28)29)31(55-34(48)23(3)4)36(19-41,51-6)20-53-57(50,56-27-10-8-7-9-11-27)45-24(5)35(49)52-18-25-12-14-26(15-13-25)37(38,39)40/h7-11,16-17,21-26,30-31H,12-15,18,20H2,1-6H3,(H,45,50)(H2,42,43,44)/t24-,25?,26?,30-,31-,36+,57?/m0/s1. The minimum Gasteiger partial charge on any atom is -0.464 e. The number of aromatic nitrogens is 3. The molecule has 1 fully saturated rings. The Bertz CT molecular complexity index is 1930. The van der Waals surface area contributed by atoms with Crippen LogP contribution in [0.1, 0.15) is 72.1 Å². The number of ether oxygens (including phenoxy) is 4. The highest BCUT2D eigenvalue weighted by Gasteiger charge is 2.53. The van der Waals surface area contributed by atoms with E-state index in [1.807, 2.05) is 6.07 Å². The SMILES string of the molecule is CO[C@](C#N)(COP(=O)(N[C@@H](C)C(=O)OCC1CCC(C(F)(F)F)CC1)Oc1ccccc1)[C@@H](OC(=O)C(C)C)[C@@H](OC(=O)C(C)C)c1ccc2c(N)ncnn12. The van der Waals surface area contributed by atoms with E-state index in [9.17, 15) is 37.4 Å². The lowest BCUT2D eigenvalue weighted by molar-refractivity contribution is -0.197. The van der Waals surface area contributed by atoms with Crippen LogP contribution in [0, 0.1) is 35.0 Å². The second-order valence-corrected chi connectivity index (χ2v) is 16.0. The molecule has 0 amide bonds. The number of carbonyl (C=O) groups excluding carboxylic acids is 3. The van der Waals surface area contributed by atoms with Gasteiger partial charge in [0.25, 0.3) is 0 Å². The van der Waals surface area contributed by atoms with Crippen LogP contribution in [0.2, 0.25) is 0 Å². The molecular weight excluding hydrogens is 776 g/mol. The highest BCUT2D eigenvalue weighted by atomic mass is 31.2. The predicted molar refractivity (Wildman–Crippen MR) is 197 cm³/mol. The lowest BCUT2D eigenvalue weighted by Gasteiger charge is -2.38. The van der Waals surface area contributed by atoms with E-state index in [0.717, 1.165) is 13.4 Å². The smallest absolute Gasteiger partial charge is 0.459 e. The first-order chi connectivity index (χ1) is 26.8. The number of nitrogens with one attached hydrogen (secondary N) is 1. The Kier molecular flexibility index (Phi) is 15.1. The van der Waals surface area contributed by atoms with E-state index in [1.165, 1.54) is 49.6 Å². The maximum absolute atomic E-state index is 14.6. The number of hydrogen-bond acceptors (Lipinski definition) is 14. The van der Waals surface area contributed by atoms with Crippen molar-refractivity contribution in [3.05, 3.63) is 54.5 Å². The Hall–Kier alpha value is -4.76. The lowest BCUT2D eigenvalue weighted by atomic mass is 9.82. The third-order valence-corrected chi connectivity index (χ3v) is 11.0. The molecule has 1 aliphatic carbocycles. The Morgan fingerprint density at radius 3 is 2.19 bits per heavy atom. The summed E-state index contributed by atoms with van der Waals surface area (Å²) in [5, 5.41) is 17.6. The van der Waals surface area contributed by atoms with E-state index in [1.54, 1.807) is 32.0 Å². The molecule has 0 spiro atoms. The molecular formula is C37H48F3N6O10P. The number of carbonyl (C=O) groups is 3. The van der Waals surface area contributed by atoms with Gasteiger partial charge in [-0.25, -0.2) is 14.1 Å². The van der Waals surface area contributed by atoms with Gasteiger partial charge in [0.15, 0.2) is 18.0 Å². The second kappa shape index (κ2) is 19.1. The molecule has 1 unspecified atom stereocenters. The number of esters is 3. The first kappa shape index (κ1) is 44.9. The van der Waals surface area contributed by atoms with Crippen molar-refractivity contribution in [1.82, 2.24) is 19.7 Å². The van der Waals surface area contributed by atoms with Crippen LogP contribution in [0.15, 0.2) is 48.8 Å². The molecule has 20 heteroatoms. The van der Waals surface area contributed by atoms with Gasteiger partial charge in [0, 0.05) is 7.11 Å². The second-order valence-electron chi connectivity index (χ2n) is 14.3. The Labute approximate surface area is 328 Å². The number of alkyl halides is 3. The molecule has 5 atom stereocenters. The molecule has 1 aromatic carbocycles. The van der Waals surface area contributed by atoms with E-state index in [4.69, 9.17) is 33.7 Å². The third kappa shape index (κ3) is 11.4. The Morgan fingerprint density at radius 1 is 0.982 bits per heavy atom. The van der Waals surface area contributed by atoms with Gasteiger partial charge in [-0.15, -0.1) is 0 Å². The van der Waals surface area contributed by atoms with Gasteiger partial charge in [-0.3, -0.25) is 18.9 Å².